The van der Waals surface area contributed by atoms with Crippen LogP contribution in [0.15, 0.2) is 12.3 Å². The zero-order valence-corrected chi connectivity index (χ0v) is 11.2. The maximum absolute atomic E-state index is 12.4. The first-order chi connectivity index (χ1) is 8.50. The van der Waals surface area contributed by atoms with E-state index in [9.17, 15) is 9.90 Å². The van der Waals surface area contributed by atoms with E-state index in [0.717, 1.165) is 6.42 Å². The van der Waals surface area contributed by atoms with E-state index < -0.39 is 6.10 Å². The zero-order valence-electron chi connectivity index (χ0n) is 11.2. The number of hydrogen-bond acceptors (Lipinski definition) is 3. The zero-order chi connectivity index (χ0) is 13.3. The lowest BCUT2D eigenvalue weighted by atomic mass is 9.96. The van der Waals surface area contributed by atoms with Crippen LogP contribution in [-0.4, -0.2) is 44.9 Å². The van der Waals surface area contributed by atoms with E-state index in [1.54, 1.807) is 21.8 Å². The van der Waals surface area contributed by atoms with Crippen LogP contribution in [0.25, 0.3) is 0 Å². The first kappa shape index (κ1) is 13.1. The number of β-amino-alcohol motifs (C(OH)–C–C–N with tert-alkyl or cyclic N) is 1. The molecule has 0 spiro atoms. The van der Waals surface area contributed by atoms with Gasteiger partial charge in [0, 0.05) is 25.3 Å². The van der Waals surface area contributed by atoms with Crippen LogP contribution in [0.1, 0.15) is 43.7 Å². The Balaban J connectivity index is 2.14. The maximum atomic E-state index is 12.4. The predicted molar refractivity (Wildman–Crippen MR) is 68.3 cm³/mol. The lowest BCUT2D eigenvalue weighted by Gasteiger charge is -2.34. The Morgan fingerprint density at radius 3 is 2.89 bits per heavy atom. The molecule has 0 aromatic carbocycles. The highest BCUT2D eigenvalue weighted by Crippen LogP contribution is 2.19. The van der Waals surface area contributed by atoms with E-state index in [2.05, 4.69) is 5.10 Å². The monoisotopic (exact) mass is 251 g/mol. The summed E-state index contributed by atoms with van der Waals surface area (Å²) in [6, 6.07) is 1.90. The molecule has 1 aromatic heterocycles. The minimum absolute atomic E-state index is 0.0350. The summed E-state index contributed by atoms with van der Waals surface area (Å²) in [5.41, 5.74) is 0.603. The largest absolute Gasteiger partial charge is 0.391 e. The first-order valence-corrected chi connectivity index (χ1v) is 6.51. The molecule has 1 amide bonds. The first-order valence-electron chi connectivity index (χ1n) is 6.51. The summed E-state index contributed by atoms with van der Waals surface area (Å²) < 4.78 is 1.73. The van der Waals surface area contributed by atoms with Gasteiger partial charge in [0.05, 0.1) is 6.10 Å². The summed E-state index contributed by atoms with van der Waals surface area (Å²) in [5.74, 6) is 0.233. The van der Waals surface area contributed by atoms with Gasteiger partial charge < -0.3 is 10.0 Å². The summed E-state index contributed by atoms with van der Waals surface area (Å²) in [4.78, 5) is 14.1. The van der Waals surface area contributed by atoms with Gasteiger partial charge in [-0.15, -0.1) is 0 Å². The van der Waals surface area contributed by atoms with E-state index in [1.807, 2.05) is 20.8 Å². The van der Waals surface area contributed by atoms with Gasteiger partial charge in [0.25, 0.3) is 5.91 Å². The quantitative estimate of drug-likeness (QED) is 0.862. The van der Waals surface area contributed by atoms with Gasteiger partial charge in [-0.1, -0.05) is 6.92 Å². The van der Waals surface area contributed by atoms with Crippen molar-refractivity contribution in [3.8, 4) is 0 Å². The van der Waals surface area contributed by atoms with Crippen molar-refractivity contribution in [2.45, 2.75) is 39.3 Å². The molecular formula is C13H21N3O2. The lowest BCUT2D eigenvalue weighted by molar-refractivity contribution is 0.0240. The van der Waals surface area contributed by atoms with Crippen LogP contribution >= 0.6 is 0 Å². The Morgan fingerprint density at radius 2 is 2.28 bits per heavy atom. The number of hydrogen-bond donors (Lipinski definition) is 1. The van der Waals surface area contributed by atoms with Crippen LogP contribution < -0.4 is 0 Å². The van der Waals surface area contributed by atoms with Crippen molar-refractivity contribution >= 4 is 5.91 Å². The summed E-state index contributed by atoms with van der Waals surface area (Å²) in [6.45, 7) is 7.14. The SMILES string of the molecule is CC1CCN(C(=O)c2ccnn2C(C)C)CC1O. The normalized spacial score (nSPS) is 24.6. The van der Waals surface area contributed by atoms with Crippen molar-refractivity contribution in [1.29, 1.82) is 0 Å². The highest BCUT2D eigenvalue weighted by molar-refractivity contribution is 5.92. The van der Waals surface area contributed by atoms with Crippen molar-refractivity contribution in [3.63, 3.8) is 0 Å². The molecule has 2 unspecified atom stereocenters. The van der Waals surface area contributed by atoms with Gasteiger partial charge >= 0.3 is 0 Å². The standard InChI is InChI=1S/C13H21N3O2/c1-9(2)16-11(4-6-14-16)13(18)15-7-5-10(3)12(17)8-15/h4,6,9-10,12,17H,5,7-8H2,1-3H3. The second-order valence-corrected chi connectivity index (χ2v) is 5.34. The topological polar surface area (TPSA) is 58.4 Å². The molecular weight excluding hydrogens is 230 g/mol. The van der Waals surface area contributed by atoms with Crippen LogP contribution in [-0.2, 0) is 0 Å². The second kappa shape index (κ2) is 5.10. The van der Waals surface area contributed by atoms with E-state index >= 15 is 0 Å². The van der Waals surface area contributed by atoms with Gasteiger partial charge in [-0.2, -0.15) is 5.10 Å². The Kier molecular flexibility index (Phi) is 3.71. The van der Waals surface area contributed by atoms with Crippen molar-refractivity contribution in [1.82, 2.24) is 14.7 Å². The number of aromatic nitrogens is 2. The van der Waals surface area contributed by atoms with E-state index in [4.69, 9.17) is 0 Å². The average Bonchev–Trinajstić information content (AvgIpc) is 2.81. The molecule has 0 saturated carbocycles. The van der Waals surface area contributed by atoms with Crippen molar-refractivity contribution in [3.05, 3.63) is 18.0 Å². The number of nitrogens with zero attached hydrogens (tertiary/aromatic N) is 3. The van der Waals surface area contributed by atoms with Crippen molar-refractivity contribution in [2.24, 2.45) is 5.92 Å². The number of likely N-dealkylation sites (tertiary alicyclic amines) is 1. The van der Waals surface area contributed by atoms with Crippen LogP contribution in [0.3, 0.4) is 0 Å². The van der Waals surface area contributed by atoms with Gasteiger partial charge in [-0.05, 0) is 32.3 Å². The fraction of sp³-hybridized carbons (Fsp3) is 0.692. The maximum Gasteiger partial charge on any atom is 0.272 e. The molecule has 1 aliphatic rings. The lowest BCUT2D eigenvalue weighted by Crippen LogP contribution is -2.46. The Hall–Kier alpha value is -1.36. The number of amides is 1. The third kappa shape index (κ3) is 2.41. The molecule has 1 fully saturated rings. The summed E-state index contributed by atoms with van der Waals surface area (Å²) >= 11 is 0. The molecule has 18 heavy (non-hydrogen) atoms. The van der Waals surface area contributed by atoms with Gasteiger partial charge in [-0.3, -0.25) is 9.48 Å². The van der Waals surface area contributed by atoms with E-state index in [-0.39, 0.29) is 17.9 Å². The molecule has 2 rings (SSSR count). The number of aliphatic hydroxyl groups excluding tert-OH is 1. The Morgan fingerprint density at radius 1 is 1.56 bits per heavy atom. The molecule has 0 aliphatic carbocycles. The minimum Gasteiger partial charge on any atom is -0.391 e. The smallest absolute Gasteiger partial charge is 0.272 e. The third-order valence-corrected chi connectivity index (χ3v) is 3.58. The molecule has 5 nitrogen and oxygen atoms in total. The average molecular weight is 251 g/mol. The van der Waals surface area contributed by atoms with Crippen LogP contribution in [0.2, 0.25) is 0 Å². The van der Waals surface area contributed by atoms with Crippen LogP contribution in [0, 0.1) is 5.92 Å². The highest BCUT2D eigenvalue weighted by Gasteiger charge is 2.29. The summed E-state index contributed by atoms with van der Waals surface area (Å²) in [5, 5.41) is 14.0. The molecule has 2 heterocycles. The van der Waals surface area contributed by atoms with Crippen LogP contribution in [0.5, 0.6) is 0 Å². The van der Waals surface area contributed by atoms with Gasteiger partial charge in [0.2, 0.25) is 0 Å². The molecule has 5 heteroatoms. The minimum atomic E-state index is -0.418. The molecule has 1 aliphatic heterocycles. The molecule has 0 radical (unpaired) electrons. The van der Waals surface area contributed by atoms with Crippen molar-refractivity contribution in [2.75, 3.05) is 13.1 Å². The molecule has 1 N–H and O–H groups in total. The molecule has 2 atom stereocenters. The number of carbonyl (C=O) groups is 1. The second-order valence-electron chi connectivity index (χ2n) is 5.34. The van der Waals surface area contributed by atoms with Gasteiger partial charge in [0.15, 0.2) is 0 Å². The third-order valence-electron chi connectivity index (χ3n) is 3.58. The van der Waals surface area contributed by atoms with E-state index in [1.165, 1.54) is 0 Å². The van der Waals surface area contributed by atoms with Gasteiger partial charge in [0.1, 0.15) is 5.69 Å². The van der Waals surface area contributed by atoms with Crippen molar-refractivity contribution < 1.29 is 9.90 Å². The number of aliphatic hydroxyl groups is 1. The summed E-state index contributed by atoms with van der Waals surface area (Å²) in [7, 11) is 0. The highest BCUT2D eigenvalue weighted by atomic mass is 16.3. The number of carbonyl (C=O) groups excluding carboxylic acids is 1. The molecule has 1 saturated heterocycles. The fourth-order valence-corrected chi connectivity index (χ4v) is 2.29. The van der Waals surface area contributed by atoms with E-state index in [0.29, 0.717) is 18.8 Å². The van der Waals surface area contributed by atoms with Crippen LogP contribution in [0.4, 0.5) is 0 Å². The number of rotatable bonds is 2. The molecule has 0 bridgehead atoms. The predicted octanol–water partition coefficient (Wildman–Crippen LogP) is 1.31. The fourth-order valence-electron chi connectivity index (χ4n) is 2.29. The number of piperidine rings is 1. The molecule has 1 aromatic rings. The molecule has 100 valence electrons. The summed E-state index contributed by atoms with van der Waals surface area (Å²) in [6.07, 6.45) is 2.08. The van der Waals surface area contributed by atoms with Gasteiger partial charge in [-0.25, -0.2) is 0 Å². The Labute approximate surface area is 107 Å². The Bertz CT molecular complexity index is 428.